The van der Waals surface area contributed by atoms with E-state index in [1.165, 1.54) is 35.6 Å². The molecule has 0 radical (unpaired) electrons. The van der Waals surface area contributed by atoms with Crippen LogP contribution in [0.2, 0.25) is 0 Å². The fourth-order valence-electron chi connectivity index (χ4n) is 2.41. The van der Waals surface area contributed by atoms with Gasteiger partial charge in [0.15, 0.2) is 0 Å². The number of amides is 1. The van der Waals surface area contributed by atoms with Gasteiger partial charge in [0, 0.05) is 0 Å². The van der Waals surface area contributed by atoms with Gasteiger partial charge >= 0.3 is 0 Å². The van der Waals surface area contributed by atoms with Crippen molar-refractivity contribution < 1.29 is 14.3 Å². The lowest BCUT2D eigenvalue weighted by Gasteiger charge is -2.20. The van der Waals surface area contributed by atoms with Crippen molar-refractivity contribution in [2.75, 3.05) is 0 Å². The number of hydrogen-bond donors (Lipinski definition) is 2. The summed E-state index contributed by atoms with van der Waals surface area (Å²) in [5.74, 6) is -0.638. The molecule has 0 spiro atoms. The standard InChI is InChI=1S/C18H17FN2O2S2/c1-10(15(22)12-5-7-13(19)8-6-12)20-17(23)16-11(2)21-18(25-16)14-4-3-9-24-14/h3-10,15,22H,1-2H3,(H,20,23)/t10-,15-/m1/s1. The van der Waals surface area contributed by atoms with E-state index in [1.807, 2.05) is 17.5 Å². The lowest BCUT2D eigenvalue weighted by Crippen LogP contribution is -2.37. The third-order valence-electron chi connectivity index (χ3n) is 3.78. The zero-order valence-electron chi connectivity index (χ0n) is 13.7. The van der Waals surface area contributed by atoms with Crippen LogP contribution in [-0.4, -0.2) is 22.0 Å². The summed E-state index contributed by atoms with van der Waals surface area (Å²) in [6, 6.07) is 8.97. The number of thiophene rings is 1. The molecule has 3 rings (SSSR count). The van der Waals surface area contributed by atoms with Gasteiger partial charge in [0.2, 0.25) is 0 Å². The monoisotopic (exact) mass is 376 g/mol. The van der Waals surface area contributed by atoms with Crippen molar-refractivity contribution in [3.8, 4) is 9.88 Å². The van der Waals surface area contributed by atoms with Gasteiger partial charge in [-0.1, -0.05) is 18.2 Å². The van der Waals surface area contributed by atoms with Crippen LogP contribution < -0.4 is 5.32 Å². The SMILES string of the molecule is Cc1nc(-c2cccs2)sc1C(=O)N[C@H](C)[C@@H](O)c1ccc(F)cc1. The molecule has 1 aromatic carbocycles. The highest BCUT2D eigenvalue weighted by Gasteiger charge is 2.22. The van der Waals surface area contributed by atoms with Gasteiger partial charge in [-0.2, -0.15) is 0 Å². The van der Waals surface area contributed by atoms with E-state index < -0.39 is 12.1 Å². The number of halogens is 1. The van der Waals surface area contributed by atoms with Gasteiger partial charge in [-0.15, -0.1) is 22.7 Å². The quantitative estimate of drug-likeness (QED) is 0.702. The Morgan fingerprint density at radius 2 is 2.00 bits per heavy atom. The second-order valence-electron chi connectivity index (χ2n) is 5.67. The average molecular weight is 376 g/mol. The van der Waals surface area contributed by atoms with Crippen LogP contribution in [0.15, 0.2) is 41.8 Å². The molecule has 2 atom stereocenters. The van der Waals surface area contributed by atoms with E-state index in [0.29, 0.717) is 16.1 Å². The van der Waals surface area contributed by atoms with Crippen molar-refractivity contribution in [3.63, 3.8) is 0 Å². The molecule has 1 amide bonds. The summed E-state index contributed by atoms with van der Waals surface area (Å²) >= 11 is 2.91. The number of nitrogens with zero attached hydrogens (tertiary/aromatic N) is 1. The number of rotatable bonds is 5. The molecule has 3 aromatic rings. The maximum atomic E-state index is 13.0. The van der Waals surface area contributed by atoms with E-state index in [0.717, 1.165) is 9.88 Å². The fraction of sp³-hybridized carbons (Fsp3) is 0.222. The number of carbonyl (C=O) groups excluding carboxylic acids is 1. The van der Waals surface area contributed by atoms with Gasteiger partial charge in [-0.3, -0.25) is 4.79 Å². The number of nitrogens with one attached hydrogen (secondary N) is 1. The lowest BCUT2D eigenvalue weighted by atomic mass is 10.0. The second kappa shape index (κ2) is 7.43. The van der Waals surface area contributed by atoms with E-state index in [-0.39, 0.29) is 11.7 Å². The van der Waals surface area contributed by atoms with E-state index in [9.17, 15) is 14.3 Å². The zero-order chi connectivity index (χ0) is 18.0. The van der Waals surface area contributed by atoms with E-state index in [1.54, 1.807) is 25.2 Å². The van der Waals surface area contributed by atoms with Crippen LogP contribution in [0.3, 0.4) is 0 Å². The third kappa shape index (κ3) is 3.95. The smallest absolute Gasteiger partial charge is 0.263 e. The highest BCUT2D eigenvalue weighted by Crippen LogP contribution is 2.31. The van der Waals surface area contributed by atoms with Crippen LogP contribution in [-0.2, 0) is 0 Å². The molecule has 0 fully saturated rings. The van der Waals surface area contributed by atoms with Gasteiger partial charge in [0.05, 0.1) is 22.7 Å². The van der Waals surface area contributed by atoms with E-state index >= 15 is 0 Å². The van der Waals surface area contributed by atoms with Crippen molar-refractivity contribution in [2.45, 2.75) is 26.0 Å². The van der Waals surface area contributed by atoms with Gasteiger partial charge in [-0.25, -0.2) is 9.37 Å². The summed E-state index contributed by atoms with van der Waals surface area (Å²) in [7, 11) is 0. The molecule has 0 bridgehead atoms. The summed E-state index contributed by atoms with van der Waals surface area (Å²) in [5, 5.41) is 15.9. The number of benzene rings is 1. The molecule has 0 saturated carbocycles. The first-order valence-electron chi connectivity index (χ1n) is 7.71. The molecular weight excluding hydrogens is 359 g/mol. The van der Waals surface area contributed by atoms with Crippen LogP contribution in [0, 0.1) is 12.7 Å². The lowest BCUT2D eigenvalue weighted by molar-refractivity contribution is 0.0855. The highest BCUT2D eigenvalue weighted by molar-refractivity contribution is 7.22. The molecule has 130 valence electrons. The van der Waals surface area contributed by atoms with Crippen LogP contribution in [0.25, 0.3) is 9.88 Å². The maximum absolute atomic E-state index is 13.0. The largest absolute Gasteiger partial charge is 0.386 e. The Bertz CT molecular complexity index is 860. The normalized spacial score (nSPS) is 13.4. The molecule has 2 aromatic heterocycles. The van der Waals surface area contributed by atoms with Crippen LogP contribution >= 0.6 is 22.7 Å². The predicted octanol–water partition coefficient (Wildman–Crippen LogP) is 4.17. The minimum absolute atomic E-state index is 0.272. The molecule has 2 heterocycles. The van der Waals surface area contributed by atoms with E-state index in [2.05, 4.69) is 10.3 Å². The van der Waals surface area contributed by atoms with Gasteiger partial charge in [0.25, 0.3) is 5.91 Å². The number of aryl methyl sites for hydroxylation is 1. The highest BCUT2D eigenvalue weighted by atomic mass is 32.1. The Morgan fingerprint density at radius 1 is 1.28 bits per heavy atom. The van der Waals surface area contributed by atoms with Crippen molar-refractivity contribution in [1.82, 2.24) is 10.3 Å². The molecule has 2 N–H and O–H groups in total. The number of aliphatic hydroxyl groups is 1. The first kappa shape index (κ1) is 17.7. The third-order valence-corrected chi connectivity index (χ3v) is 5.97. The van der Waals surface area contributed by atoms with Crippen LogP contribution in [0.1, 0.15) is 34.0 Å². The molecule has 25 heavy (non-hydrogen) atoms. The first-order chi connectivity index (χ1) is 12.0. The number of aliphatic hydroxyl groups excluding tert-OH is 1. The predicted molar refractivity (Wildman–Crippen MR) is 98.5 cm³/mol. The summed E-state index contributed by atoms with van der Waals surface area (Å²) < 4.78 is 13.0. The van der Waals surface area contributed by atoms with Crippen LogP contribution in [0.5, 0.6) is 0 Å². The van der Waals surface area contributed by atoms with Crippen molar-refractivity contribution in [1.29, 1.82) is 0 Å². The Kier molecular flexibility index (Phi) is 5.27. The fourth-order valence-corrected chi connectivity index (χ4v) is 4.18. The number of hydrogen-bond acceptors (Lipinski definition) is 5. The molecule has 0 saturated heterocycles. The molecule has 0 aliphatic heterocycles. The minimum Gasteiger partial charge on any atom is -0.386 e. The second-order valence-corrected chi connectivity index (χ2v) is 7.62. The van der Waals surface area contributed by atoms with Gasteiger partial charge in [-0.05, 0) is 43.0 Å². The van der Waals surface area contributed by atoms with E-state index in [4.69, 9.17) is 0 Å². The Labute approximate surface area is 153 Å². The first-order valence-corrected chi connectivity index (χ1v) is 9.41. The average Bonchev–Trinajstić information content (AvgIpc) is 3.24. The van der Waals surface area contributed by atoms with Crippen molar-refractivity contribution in [3.05, 3.63) is 63.7 Å². The number of aromatic nitrogens is 1. The topological polar surface area (TPSA) is 62.2 Å². The Hall–Kier alpha value is -2.09. The van der Waals surface area contributed by atoms with Gasteiger partial charge in [0.1, 0.15) is 15.7 Å². The van der Waals surface area contributed by atoms with Crippen molar-refractivity contribution in [2.24, 2.45) is 0 Å². The summed E-state index contributed by atoms with van der Waals surface area (Å²) in [5.41, 5.74) is 1.21. The number of thiazole rings is 1. The molecule has 0 unspecified atom stereocenters. The number of carbonyl (C=O) groups is 1. The molecule has 7 heteroatoms. The summed E-state index contributed by atoms with van der Waals surface area (Å²) in [6.45, 7) is 3.51. The van der Waals surface area contributed by atoms with Crippen LogP contribution in [0.4, 0.5) is 4.39 Å². The zero-order valence-corrected chi connectivity index (χ0v) is 15.3. The molecule has 0 aliphatic rings. The molecule has 0 aliphatic carbocycles. The summed E-state index contributed by atoms with van der Waals surface area (Å²) in [4.78, 5) is 18.5. The van der Waals surface area contributed by atoms with Gasteiger partial charge < -0.3 is 10.4 Å². The maximum Gasteiger partial charge on any atom is 0.263 e. The minimum atomic E-state index is -0.922. The Balaban J connectivity index is 1.72. The summed E-state index contributed by atoms with van der Waals surface area (Å²) in [6.07, 6.45) is -0.922. The molecular formula is C18H17FN2O2S2. The Morgan fingerprint density at radius 3 is 2.64 bits per heavy atom. The molecule has 4 nitrogen and oxygen atoms in total. The van der Waals surface area contributed by atoms with Crippen molar-refractivity contribution >= 4 is 28.6 Å².